The Morgan fingerprint density at radius 3 is 1.85 bits per heavy atom. The molecule has 0 saturated carbocycles. The summed E-state index contributed by atoms with van der Waals surface area (Å²) in [4.78, 5) is 4.66. The minimum absolute atomic E-state index is 0.637. The van der Waals surface area contributed by atoms with Crippen molar-refractivity contribution in [2.24, 2.45) is 0 Å². The Hall–Kier alpha value is -5.41. The van der Waals surface area contributed by atoms with E-state index in [2.05, 4.69) is 131 Å². The molecule has 2 aromatic heterocycles. The summed E-state index contributed by atoms with van der Waals surface area (Å²) in [6.45, 7) is 0. The third-order valence-electron chi connectivity index (χ3n) is 7.66. The van der Waals surface area contributed by atoms with Crippen molar-refractivity contribution in [3.63, 3.8) is 0 Å². The van der Waals surface area contributed by atoms with Crippen molar-refractivity contribution in [2.75, 3.05) is 0 Å². The van der Waals surface area contributed by atoms with Crippen molar-refractivity contribution in [3.05, 3.63) is 146 Å². The van der Waals surface area contributed by atoms with Crippen molar-refractivity contribution < 1.29 is 4.42 Å². The molecule has 0 aliphatic heterocycles. The first kappa shape index (κ1) is 22.6. The van der Waals surface area contributed by atoms with E-state index in [0.717, 1.165) is 22.4 Å². The molecule has 0 unspecified atom stereocenters. The van der Waals surface area contributed by atoms with Gasteiger partial charge in [0.15, 0.2) is 5.58 Å². The van der Waals surface area contributed by atoms with Crippen LogP contribution in [0.15, 0.2) is 150 Å². The van der Waals surface area contributed by atoms with Crippen molar-refractivity contribution in [1.82, 2.24) is 9.55 Å². The summed E-state index contributed by atoms with van der Waals surface area (Å²) in [6, 6.07) is 51.1. The highest BCUT2D eigenvalue weighted by molar-refractivity contribution is 6.10. The normalized spacial score (nSPS) is 11.5. The van der Waals surface area contributed by atoms with Gasteiger partial charge in [0.05, 0.1) is 11.0 Å². The molecule has 3 heteroatoms. The van der Waals surface area contributed by atoms with E-state index in [0.29, 0.717) is 5.89 Å². The van der Waals surface area contributed by atoms with E-state index in [4.69, 9.17) is 4.42 Å². The van der Waals surface area contributed by atoms with Crippen LogP contribution in [0.25, 0.3) is 72.3 Å². The summed E-state index contributed by atoms with van der Waals surface area (Å²) in [5.41, 5.74) is 11.0. The number of hydrogen-bond donors (Lipinski definition) is 0. The second-order valence-corrected chi connectivity index (χ2v) is 10.1. The van der Waals surface area contributed by atoms with Crippen LogP contribution in [0.4, 0.5) is 0 Å². The van der Waals surface area contributed by atoms with Crippen molar-refractivity contribution in [2.45, 2.75) is 0 Å². The van der Waals surface area contributed by atoms with Crippen molar-refractivity contribution in [1.29, 1.82) is 0 Å². The minimum atomic E-state index is 0.637. The van der Waals surface area contributed by atoms with Gasteiger partial charge in [0.25, 0.3) is 0 Å². The van der Waals surface area contributed by atoms with Crippen molar-refractivity contribution >= 4 is 32.9 Å². The molecule has 6 aromatic carbocycles. The molecule has 40 heavy (non-hydrogen) atoms. The van der Waals surface area contributed by atoms with Gasteiger partial charge in [-0.15, -0.1) is 0 Å². The molecule has 8 aromatic rings. The Kier molecular flexibility index (Phi) is 5.14. The van der Waals surface area contributed by atoms with Gasteiger partial charge in [0.1, 0.15) is 5.52 Å². The summed E-state index contributed by atoms with van der Waals surface area (Å²) in [5, 5.41) is 2.48. The van der Waals surface area contributed by atoms with Crippen LogP contribution in [0.5, 0.6) is 0 Å². The smallest absolute Gasteiger partial charge is 0.227 e. The summed E-state index contributed by atoms with van der Waals surface area (Å²) in [5.74, 6) is 0.637. The second-order valence-electron chi connectivity index (χ2n) is 10.1. The largest absolute Gasteiger partial charge is 0.436 e. The number of rotatable bonds is 4. The van der Waals surface area contributed by atoms with E-state index in [9.17, 15) is 0 Å². The monoisotopic (exact) mass is 512 g/mol. The zero-order valence-corrected chi connectivity index (χ0v) is 21.7. The highest BCUT2D eigenvalue weighted by Gasteiger charge is 2.14. The Balaban J connectivity index is 1.20. The first-order valence-electron chi connectivity index (χ1n) is 13.5. The van der Waals surface area contributed by atoms with E-state index in [-0.39, 0.29) is 0 Å². The summed E-state index contributed by atoms with van der Waals surface area (Å²) in [6.07, 6.45) is 0. The maximum Gasteiger partial charge on any atom is 0.227 e. The molecule has 2 heterocycles. The van der Waals surface area contributed by atoms with Gasteiger partial charge in [0.2, 0.25) is 5.89 Å². The number of oxazole rings is 1. The van der Waals surface area contributed by atoms with Gasteiger partial charge in [0, 0.05) is 22.0 Å². The van der Waals surface area contributed by atoms with E-state index in [1.807, 2.05) is 24.3 Å². The lowest BCUT2D eigenvalue weighted by Crippen LogP contribution is -1.93. The van der Waals surface area contributed by atoms with Crippen LogP contribution in [0.3, 0.4) is 0 Å². The van der Waals surface area contributed by atoms with Gasteiger partial charge >= 0.3 is 0 Å². The number of nitrogens with zero attached hydrogens (tertiary/aromatic N) is 2. The Labute approximate surface area is 231 Å². The Morgan fingerprint density at radius 1 is 0.450 bits per heavy atom. The van der Waals surface area contributed by atoms with Crippen LogP contribution in [-0.4, -0.2) is 9.55 Å². The van der Waals surface area contributed by atoms with Crippen LogP contribution in [0.2, 0.25) is 0 Å². The number of fused-ring (bicyclic) bond motifs is 4. The molecule has 0 aliphatic rings. The lowest BCUT2D eigenvalue weighted by molar-refractivity contribution is 0.620. The minimum Gasteiger partial charge on any atom is -0.436 e. The van der Waals surface area contributed by atoms with E-state index >= 15 is 0 Å². The molecule has 0 radical (unpaired) electrons. The molecule has 0 amide bonds. The fourth-order valence-electron chi connectivity index (χ4n) is 5.67. The van der Waals surface area contributed by atoms with Crippen LogP contribution < -0.4 is 0 Å². The maximum absolute atomic E-state index is 5.99. The molecule has 0 saturated heterocycles. The third kappa shape index (κ3) is 3.71. The van der Waals surface area contributed by atoms with Crippen LogP contribution >= 0.6 is 0 Å². The maximum atomic E-state index is 5.99. The van der Waals surface area contributed by atoms with Crippen LogP contribution in [0.1, 0.15) is 0 Å². The van der Waals surface area contributed by atoms with Gasteiger partial charge in [-0.05, 0) is 76.9 Å². The number of aromatic nitrogens is 2. The standard InChI is InChI=1S/C37H24N2O/c1-2-8-25(9-3-1)26-14-16-27(17-15-26)29-20-23-35-32(24-29)31-10-4-6-12-34(31)39(35)30-21-18-28(19-22-30)37-38-33-11-5-7-13-36(33)40-37/h1-24H. The third-order valence-corrected chi connectivity index (χ3v) is 7.66. The molecular weight excluding hydrogens is 488 g/mol. The molecule has 0 aliphatic carbocycles. The molecule has 0 spiro atoms. The molecule has 0 fully saturated rings. The molecule has 188 valence electrons. The number of benzene rings is 6. The topological polar surface area (TPSA) is 31.0 Å². The van der Waals surface area contributed by atoms with Gasteiger partial charge in [-0.2, -0.15) is 0 Å². The molecule has 0 bridgehead atoms. The lowest BCUT2D eigenvalue weighted by atomic mass is 9.99. The molecule has 0 N–H and O–H groups in total. The number of hydrogen-bond acceptors (Lipinski definition) is 2. The molecule has 3 nitrogen and oxygen atoms in total. The lowest BCUT2D eigenvalue weighted by Gasteiger charge is -2.09. The second kappa shape index (κ2) is 9.11. The molecule has 0 atom stereocenters. The van der Waals surface area contributed by atoms with E-state index in [1.165, 1.54) is 44.1 Å². The highest BCUT2D eigenvalue weighted by Crippen LogP contribution is 2.36. The summed E-state index contributed by atoms with van der Waals surface area (Å²) >= 11 is 0. The number of para-hydroxylation sites is 3. The summed E-state index contributed by atoms with van der Waals surface area (Å²) < 4.78 is 8.33. The Bertz CT molecular complexity index is 2100. The van der Waals surface area contributed by atoms with E-state index in [1.54, 1.807) is 0 Å². The first-order valence-corrected chi connectivity index (χ1v) is 13.5. The first-order chi connectivity index (χ1) is 19.8. The van der Waals surface area contributed by atoms with E-state index < -0.39 is 0 Å². The van der Waals surface area contributed by atoms with Gasteiger partial charge in [-0.1, -0.05) is 91.0 Å². The fraction of sp³-hybridized carbons (Fsp3) is 0. The SMILES string of the molecule is c1ccc(-c2ccc(-c3ccc4c(c3)c3ccccc3n4-c3ccc(-c4nc5ccccc5o4)cc3)cc2)cc1. The predicted molar refractivity (Wildman–Crippen MR) is 165 cm³/mol. The molecule has 8 rings (SSSR count). The predicted octanol–water partition coefficient (Wildman–Crippen LogP) is 9.93. The van der Waals surface area contributed by atoms with Gasteiger partial charge < -0.3 is 8.98 Å². The van der Waals surface area contributed by atoms with Crippen LogP contribution in [-0.2, 0) is 0 Å². The zero-order valence-electron chi connectivity index (χ0n) is 21.7. The quantitative estimate of drug-likeness (QED) is 0.235. The average molecular weight is 513 g/mol. The van der Waals surface area contributed by atoms with Crippen molar-refractivity contribution in [3.8, 4) is 39.4 Å². The summed E-state index contributed by atoms with van der Waals surface area (Å²) in [7, 11) is 0. The zero-order chi connectivity index (χ0) is 26.5. The van der Waals surface area contributed by atoms with Gasteiger partial charge in [-0.25, -0.2) is 4.98 Å². The fourth-order valence-corrected chi connectivity index (χ4v) is 5.67. The van der Waals surface area contributed by atoms with Gasteiger partial charge in [-0.3, -0.25) is 0 Å². The van der Waals surface area contributed by atoms with Crippen LogP contribution in [0, 0.1) is 0 Å². The average Bonchev–Trinajstić information content (AvgIpc) is 3.61. The highest BCUT2D eigenvalue weighted by atomic mass is 16.3. The Morgan fingerprint density at radius 2 is 1.05 bits per heavy atom. The molecular formula is C37H24N2O.